The summed E-state index contributed by atoms with van der Waals surface area (Å²) in [6, 6.07) is 6.43. The fourth-order valence-electron chi connectivity index (χ4n) is 3.47. The maximum atomic E-state index is 13.6. The zero-order valence-corrected chi connectivity index (χ0v) is 17.5. The highest BCUT2D eigenvalue weighted by Crippen LogP contribution is 2.21. The summed E-state index contributed by atoms with van der Waals surface area (Å²) in [5, 5.41) is 2.84. The van der Waals surface area contributed by atoms with Gasteiger partial charge in [0, 0.05) is 30.8 Å². The van der Waals surface area contributed by atoms with Crippen LogP contribution in [0.4, 0.5) is 10.1 Å². The van der Waals surface area contributed by atoms with Crippen molar-refractivity contribution < 1.29 is 18.8 Å². The number of benzene rings is 1. The Hall–Kier alpha value is -2.70. The molecular weight excluding hydrogens is 373 g/mol. The van der Waals surface area contributed by atoms with Gasteiger partial charge in [-0.3, -0.25) is 14.4 Å². The van der Waals surface area contributed by atoms with E-state index in [0.717, 1.165) is 11.3 Å². The molecule has 1 saturated heterocycles. The van der Waals surface area contributed by atoms with Crippen molar-refractivity contribution in [1.29, 1.82) is 0 Å². The third-order valence-corrected chi connectivity index (χ3v) is 5.19. The highest BCUT2D eigenvalue weighted by Gasteiger charge is 2.36. The molecule has 0 aromatic heterocycles. The van der Waals surface area contributed by atoms with Crippen molar-refractivity contribution in [3.05, 3.63) is 42.0 Å². The Morgan fingerprint density at radius 2 is 2.03 bits per heavy atom. The topological polar surface area (TPSA) is 69.7 Å². The van der Waals surface area contributed by atoms with Crippen LogP contribution in [0.15, 0.2) is 36.4 Å². The number of likely N-dealkylation sites (N-methyl/N-ethyl adjacent to an activating group) is 1. The first-order valence-corrected chi connectivity index (χ1v) is 9.99. The fourth-order valence-corrected chi connectivity index (χ4v) is 3.47. The molecule has 1 heterocycles. The summed E-state index contributed by atoms with van der Waals surface area (Å²) < 4.78 is 13.6. The zero-order chi connectivity index (χ0) is 21.6. The van der Waals surface area contributed by atoms with Gasteiger partial charge in [0.15, 0.2) is 0 Å². The van der Waals surface area contributed by atoms with Crippen LogP contribution in [-0.2, 0) is 14.4 Å². The Bertz CT molecular complexity index is 765. The van der Waals surface area contributed by atoms with Crippen LogP contribution < -0.4 is 10.2 Å². The number of rotatable bonds is 8. The van der Waals surface area contributed by atoms with Gasteiger partial charge in [-0.05, 0) is 31.4 Å². The first-order chi connectivity index (χ1) is 13.8. The minimum Gasteiger partial charge on any atom is -0.348 e. The minimum atomic E-state index is -1.20. The summed E-state index contributed by atoms with van der Waals surface area (Å²) in [5.41, 5.74) is 1.84. The van der Waals surface area contributed by atoms with Gasteiger partial charge in [0.1, 0.15) is 12.2 Å². The number of nitrogens with one attached hydrogen (secondary N) is 1. The third kappa shape index (κ3) is 5.65. The lowest BCUT2D eigenvalue weighted by Crippen LogP contribution is -2.47. The van der Waals surface area contributed by atoms with Crippen LogP contribution >= 0.6 is 0 Å². The Morgan fingerprint density at radius 1 is 1.34 bits per heavy atom. The second kappa shape index (κ2) is 10.2. The Kier molecular flexibility index (Phi) is 7.93. The number of anilines is 1. The van der Waals surface area contributed by atoms with Crippen molar-refractivity contribution in [2.24, 2.45) is 5.92 Å². The number of likely N-dealkylation sites (tertiary alicyclic amines) is 1. The molecule has 0 saturated carbocycles. The van der Waals surface area contributed by atoms with Crippen LogP contribution in [0.2, 0.25) is 0 Å². The van der Waals surface area contributed by atoms with Gasteiger partial charge in [0.05, 0.1) is 6.54 Å². The van der Waals surface area contributed by atoms with Gasteiger partial charge in [-0.15, -0.1) is 0 Å². The lowest BCUT2D eigenvalue weighted by molar-refractivity contribution is -0.131. The van der Waals surface area contributed by atoms with Crippen LogP contribution in [0.1, 0.15) is 32.8 Å². The molecule has 158 valence electrons. The number of amides is 3. The number of hydrogen-bond acceptors (Lipinski definition) is 3. The van der Waals surface area contributed by atoms with E-state index < -0.39 is 24.2 Å². The molecule has 1 aliphatic rings. The lowest BCUT2D eigenvalue weighted by Gasteiger charge is -2.25. The molecule has 1 aromatic carbocycles. The molecule has 7 heteroatoms. The van der Waals surface area contributed by atoms with Crippen molar-refractivity contribution in [1.82, 2.24) is 10.2 Å². The van der Waals surface area contributed by atoms with Crippen LogP contribution in [0.25, 0.3) is 0 Å². The summed E-state index contributed by atoms with van der Waals surface area (Å²) in [6.45, 7) is 8.14. The van der Waals surface area contributed by atoms with Crippen LogP contribution in [0.5, 0.6) is 0 Å². The van der Waals surface area contributed by atoms with E-state index in [4.69, 9.17) is 0 Å². The number of alkyl halides is 1. The third-order valence-electron chi connectivity index (χ3n) is 5.19. The molecule has 3 atom stereocenters. The maximum Gasteiger partial charge on any atom is 0.250 e. The summed E-state index contributed by atoms with van der Waals surface area (Å²) in [6.07, 6.45) is 2.44. The quantitative estimate of drug-likeness (QED) is 0.536. The van der Waals surface area contributed by atoms with Gasteiger partial charge in [0.2, 0.25) is 12.3 Å². The molecule has 3 amide bonds. The van der Waals surface area contributed by atoms with Crippen LogP contribution in [-0.4, -0.2) is 54.5 Å². The van der Waals surface area contributed by atoms with E-state index in [9.17, 15) is 18.8 Å². The molecule has 0 bridgehead atoms. The Morgan fingerprint density at radius 3 is 2.62 bits per heavy atom. The molecule has 1 aliphatic heterocycles. The lowest BCUT2D eigenvalue weighted by atomic mass is 10.0. The highest BCUT2D eigenvalue weighted by atomic mass is 19.1. The van der Waals surface area contributed by atoms with Crippen molar-refractivity contribution in [2.45, 2.75) is 52.4 Å². The Labute approximate surface area is 171 Å². The minimum absolute atomic E-state index is 0.00503. The maximum absolute atomic E-state index is 13.6. The SMILES string of the molecule is CCN(C(=O)/C=C/[C@@H](NC(=O)C1CC(F)CN1C=O)C(C)C)c1ccccc1C. The van der Waals surface area contributed by atoms with E-state index in [1.54, 1.807) is 11.0 Å². The molecule has 1 fully saturated rings. The second-order valence-electron chi connectivity index (χ2n) is 7.66. The number of aryl methyl sites for hydroxylation is 1. The highest BCUT2D eigenvalue weighted by molar-refractivity contribution is 6.02. The number of hydrogen-bond donors (Lipinski definition) is 1. The van der Waals surface area contributed by atoms with E-state index in [1.807, 2.05) is 52.0 Å². The van der Waals surface area contributed by atoms with E-state index in [2.05, 4.69) is 5.32 Å². The predicted molar refractivity (Wildman–Crippen MR) is 111 cm³/mol. The fraction of sp³-hybridized carbons (Fsp3) is 0.500. The number of carbonyl (C=O) groups is 3. The van der Waals surface area contributed by atoms with Gasteiger partial charge in [0.25, 0.3) is 5.91 Å². The molecule has 0 spiro atoms. The first kappa shape index (κ1) is 22.6. The second-order valence-corrected chi connectivity index (χ2v) is 7.66. The van der Waals surface area contributed by atoms with Gasteiger partial charge in [-0.1, -0.05) is 38.1 Å². The first-order valence-electron chi connectivity index (χ1n) is 9.99. The molecule has 0 radical (unpaired) electrons. The molecule has 1 N–H and O–H groups in total. The normalized spacial score (nSPS) is 20.1. The smallest absolute Gasteiger partial charge is 0.250 e. The van der Waals surface area contributed by atoms with E-state index in [1.165, 1.54) is 11.0 Å². The molecule has 0 aliphatic carbocycles. The van der Waals surface area contributed by atoms with Gasteiger partial charge >= 0.3 is 0 Å². The molecule has 2 unspecified atom stereocenters. The summed E-state index contributed by atoms with van der Waals surface area (Å²) in [4.78, 5) is 39.3. The summed E-state index contributed by atoms with van der Waals surface area (Å²) >= 11 is 0. The van der Waals surface area contributed by atoms with E-state index >= 15 is 0 Å². The van der Waals surface area contributed by atoms with Crippen molar-refractivity contribution in [2.75, 3.05) is 18.0 Å². The average Bonchev–Trinajstić information content (AvgIpc) is 3.07. The van der Waals surface area contributed by atoms with E-state index in [0.29, 0.717) is 13.0 Å². The molecule has 1 aromatic rings. The largest absolute Gasteiger partial charge is 0.348 e. The monoisotopic (exact) mass is 403 g/mol. The van der Waals surface area contributed by atoms with Gasteiger partial charge in [-0.2, -0.15) is 0 Å². The van der Waals surface area contributed by atoms with Crippen molar-refractivity contribution in [3.8, 4) is 0 Å². The van der Waals surface area contributed by atoms with E-state index in [-0.39, 0.29) is 24.8 Å². The van der Waals surface area contributed by atoms with Crippen LogP contribution in [0, 0.1) is 12.8 Å². The number of nitrogens with zero attached hydrogens (tertiary/aromatic N) is 2. The summed E-state index contributed by atoms with van der Waals surface area (Å²) in [7, 11) is 0. The van der Waals surface area contributed by atoms with Crippen molar-refractivity contribution in [3.63, 3.8) is 0 Å². The molecule has 29 heavy (non-hydrogen) atoms. The average molecular weight is 403 g/mol. The van der Waals surface area contributed by atoms with Crippen molar-refractivity contribution >= 4 is 23.9 Å². The van der Waals surface area contributed by atoms with Gasteiger partial charge in [-0.25, -0.2) is 4.39 Å². The summed E-state index contributed by atoms with van der Waals surface area (Å²) in [5.74, 6) is -0.566. The van der Waals surface area contributed by atoms with Crippen LogP contribution in [0.3, 0.4) is 0 Å². The standard InChI is InChI=1S/C22H30FN3O3/c1-5-26(19-9-7-6-8-16(19)4)21(28)11-10-18(15(2)3)24-22(29)20-12-17(23)13-25(20)14-27/h6-11,14-15,17-18,20H,5,12-13H2,1-4H3,(H,24,29)/b11-10+/t17?,18-,20?/m1/s1. The number of para-hydroxylation sites is 1. The molecular formula is C22H30FN3O3. The molecule has 6 nitrogen and oxygen atoms in total. The predicted octanol–water partition coefficient (Wildman–Crippen LogP) is 2.61. The zero-order valence-electron chi connectivity index (χ0n) is 17.5. The Balaban J connectivity index is 2.10. The number of halogens is 1. The number of carbonyl (C=O) groups excluding carboxylic acids is 3. The van der Waals surface area contributed by atoms with Gasteiger partial charge < -0.3 is 15.1 Å². The molecule has 2 rings (SSSR count).